The van der Waals surface area contributed by atoms with Crippen LogP contribution in [0.3, 0.4) is 0 Å². The summed E-state index contributed by atoms with van der Waals surface area (Å²) in [4.78, 5) is 29.1. The second-order valence-corrected chi connectivity index (χ2v) is 9.23. The first-order valence-electron chi connectivity index (χ1n) is 12.7. The van der Waals surface area contributed by atoms with E-state index in [9.17, 15) is 14.7 Å². The Bertz CT molecular complexity index is 1170. The molecule has 1 fully saturated rings. The van der Waals surface area contributed by atoms with Crippen molar-refractivity contribution in [3.63, 3.8) is 0 Å². The summed E-state index contributed by atoms with van der Waals surface area (Å²) in [6.07, 6.45) is 2.65. The third kappa shape index (κ3) is 7.55. The molecule has 38 heavy (non-hydrogen) atoms. The SMILES string of the molecule is C=N/C(C(=O)N[C@@H](C)C(=O)O[C@@H](C)[C@H](OCC1CC1)c1ccc(-c2ccccc2)cc1)=C(O)\C(=C/C)OC. The van der Waals surface area contributed by atoms with Crippen molar-refractivity contribution in [2.24, 2.45) is 10.9 Å². The van der Waals surface area contributed by atoms with Gasteiger partial charge in [0.25, 0.3) is 5.91 Å². The zero-order valence-corrected chi connectivity index (χ0v) is 22.3. The molecule has 0 unspecified atom stereocenters. The van der Waals surface area contributed by atoms with Crippen LogP contribution < -0.4 is 5.32 Å². The van der Waals surface area contributed by atoms with Gasteiger partial charge >= 0.3 is 5.97 Å². The Morgan fingerprint density at radius 3 is 2.29 bits per heavy atom. The van der Waals surface area contributed by atoms with E-state index in [1.54, 1.807) is 13.8 Å². The standard InChI is InChI=1S/C30H36N2O6/c1-6-25(36-5)27(33)26(31-4)29(34)32-19(2)30(35)38-20(3)28(37-18-21-12-13-21)24-16-14-23(15-17-24)22-10-8-7-9-11-22/h6-11,14-17,19-21,28,33H,4,12-13,18H2,1-3,5H3,(H,32,34)/b25-6+,27-26+/t19-,20-,28-/m0/s1. The van der Waals surface area contributed by atoms with Gasteiger partial charge in [-0.05, 0) is 69.0 Å². The van der Waals surface area contributed by atoms with Gasteiger partial charge < -0.3 is 24.6 Å². The summed E-state index contributed by atoms with van der Waals surface area (Å²) in [6.45, 7) is 8.82. The van der Waals surface area contributed by atoms with Gasteiger partial charge in [-0.15, -0.1) is 0 Å². The van der Waals surface area contributed by atoms with Crippen molar-refractivity contribution >= 4 is 18.6 Å². The number of esters is 1. The molecule has 1 aliphatic carbocycles. The van der Waals surface area contributed by atoms with Crippen LogP contribution in [0.5, 0.6) is 0 Å². The number of carbonyl (C=O) groups is 2. The zero-order valence-electron chi connectivity index (χ0n) is 22.3. The van der Waals surface area contributed by atoms with Crippen LogP contribution in [-0.4, -0.2) is 49.6 Å². The molecule has 0 spiro atoms. The second kappa shape index (κ2) is 13.6. The smallest absolute Gasteiger partial charge is 0.328 e. The summed E-state index contributed by atoms with van der Waals surface area (Å²) in [5.74, 6) is -1.33. The minimum Gasteiger partial charge on any atom is -0.503 e. The molecule has 0 aliphatic heterocycles. The van der Waals surface area contributed by atoms with Crippen molar-refractivity contribution in [2.45, 2.75) is 51.9 Å². The number of aliphatic imine (C=N–C) groups is 1. The fourth-order valence-corrected chi connectivity index (χ4v) is 3.92. The van der Waals surface area contributed by atoms with E-state index in [1.807, 2.05) is 54.6 Å². The van der Waals surface area contributed by atoms with Crippen LogP contribution in [0.4, 0.5) is 0 Å². The van der Waals surface area contributed by atoms with Gasteiger partial charge in [0.05, 0.1) is 13.7 Å². The van der Waals surface area contributed by atoms with Crippen molar-refractivity contribution in [3.8, 4) is 11.1 Å². The van der Waals surface area contributed by atoms with Gasteiger partial charge in [-0.1, -0.05) is 54.6 Å². The highest BCUT2D eigenvalue weighted by Crippen LogP contribution is 2.33. The van der Waals surface area contributed by atoms with Crippen LogP contribution in [0.1, 0.15) is 45.3 Å². The largest absolute Gasteiger partial charge is 0.503 e. The third-order valence-electron chi connectivity index (χ3n) is 6.30. The van der Waals surface area contributed by atoms with E-state index in [0.29, 0.717) is 12.5 Å². The summed E-state index contributed by atoms with van der Waals surface area (Å²) in [5.41, 5.74) is 2.72. The number of ether oxygens (including phenoxy) is 3. The lowest BCUT2D eigenvalue weighted by Crippen LogP contribution is -2.42. The molecule has 0 aromatic heterocycles. The number of methoxy groups -OCH3 is 1. The molecule has 2 N–H and O–H groups in total. The number of benzene rings is 2. The molecule has 2 aromatic rings. The number of aliphatic hydroxyl groups is 1. The van der Waals surface area contributed by atoms with Crippen molar-refractivity contribution in [1.82, 2.24) is 5.32 Å². The molecule has 0 saturated heterocycles. The van der Waals surface area contributed by atoms with Gasteiger partial charge in [0, 0.05) is 0 Å². The molecule has 3 rings (SSSR count). The summed E-state index contributed by atoms with van der Waals surface area (Å²) >= 11 is 0. The van der Waals surface area contributed by atoms with Crippen LogP contribution >= 0.6 is 0 Å². The Hall–Kier alpha value is -3.91. The number of allylic oxidation sites excluding steroid dienone is 1. The molecular formula is C30H36N2O6. The van der Waals surface area contributed by atoms with Gasteiger partial charge in [0.2, 0.25) is 0 Å². The van der Waals surface area contributed by atoms with E-state index in [4.69, 9.17) is 14.2 Å². The maximum absolute atomic E-state index is 12.9. The predicted octanol–water partition coefficient (Wildman–Crippen LogP) is 5.28. The molecule has 2 aromatic carbocycles. The second-order valence-electron chi connectivity index (χ2n) is 9.23. The van der Waals surface area contributed by atoms with Crippen molar-refractivity contribution in [2.75, 3.05) is 13.7 Å². The van der Waals surface area contributed by atoms with Gasteiger partial charge in [-0.3, -0.25) is 9.79 Å². The van der Waals surface area contributed by atoms with Crippen LogP contribution in [0, 0.1) is 5.92 Å². The topological polar surface area (TPSA) is 106 Å². The quantitative estimate of drug-likeness (QED) is 0.122. The lowest BCUT2D eigenvalue weighted by Gasteiger charge is -2.26. The molecule has 0 heterocycles. The normalized spacial score (nSPS) is 16.5. The van der Waals surface area contributed by atoms with Crippen molar-refractivity contribution in [1.29, 1.82) is 0 Å². The van der Waals surface area contributed by atoms with Crippen LogP contribution in [0.15, 0.2) is 82.9 Å². The highest BCUT2D eigenvalue weighted by atomic mass is 16.6. The fourth-order valence-electron chi connectivity index (χ4n) is 3.92. The summed E-state index contributed by atoms with van der Waals surface area (Å²) < 4.78 is 17.0. The summed E-state index contributed by atoms with van der Waals surface area (Å²) in [7, 11) is 1.35. The number of aliphatic hydroxyl groups excluding tert-OH is 1. The van der Waals surface area contributed by atoms with E-state index < -0.39 is 35.9 Å². The first-order chi connectivity index (χ1) is 18.3. The number of amides is 1. The monoisotopic (exact) mass is 520 g/mol. The average molecular weight is 521 g/mol. The Kier molecular flexibility index (Phi) is 10.2. The van der Waals surface area contributed by atoms with Gasteiger partial charge in [-0.25, -0.2) is 4.79 Å². The molecule has 0 radical (unpaired) electrons. The molecule has 3 atom stereocenters. The first kappa shape index (κ1) is 28.7. The predicted molar refractivity (Wildman–Crippen MR) is 146 cm³/mol. The number of nitrogens with zero attached hydrogens (tertiary/aromatic N) is 1. The minimum absolute atomic E-state index is 0.0559. The van der Waals surface area contributed by atoms with E-state index in [1.165, 1.54) is 20.1 Å². The van der Waals surface area contributed by atoms with E-state index in [-0.39, 0.29) is 11.5 Å². The number of nitrogens with one attached hydrogen (secondary N) is 1. The van der Waals surface area contributed by atoms with E-state index >= 15 is 0 Å². The average Bonchev–Trinajstić information content (AvgIpc) is 3.75. The molecule has 202 valence electrons. The molecule has 8 heteroatoms. The van der Waals surface area contributed by atoms with Gasteiger partial charge in [-0.2, -0.15) is 0 Å². The maximum Gasteiger partial charge on any atom is 0.328 e. The molecule has 1 saturated carbocycles. The zero-order chi connectivity index (χ0) is 27.7. The summed E-state index contributed by atoms with van der Waals surface area (Å²) in [5, 5.41) is 12.8. The first-order valence-corrected chi connectivity index (χ1v) is 12.7. The Balaban J connectivity index is 1.69. The van der Waals surface area contributed by atoms with Gasteiger partial charge in [0.1, 0.15) is 18.2 Å². The van der Waals surface area contributed by atoms with Crippen molar-refractivity contribution < 1.29 is 28.9 Å². The van der Waals surface area contributed by atoms with Crippen LogP contribution in [-0.2, 0) is 23.8 Å². The maximum atomic E-state index is 12.9. The highest BCUT2D eigenvalue weighted by molar-refractivity contribution is 5.97. The van der Waals surface area contributed by atoms with Crippen molar-refractivity contribution in [3.05, 3.63) is 83.5 Å². The lowest BCUT2D eigenvalue weighted by atomic mass is 10.00. The molecule has 1 amide bonds. The Labute approximate surface area is 224 Å². The van der Waals surface area contributed by atoms with Crippen LogP contribution in [0.25, 0.3) is 11.1 Å². The molecule has 8 nitrogen and oxygen atoms in total. The number of carbonyl (C=O) groups excluding carboxylic acids is 2. The summed E-state index contributed by atoms with van der Waals surface area (Å²) in [6, 6.07) is 17.1. The Morgan fingerprint density at radius 2 is 1.74 bits per heavy atom. The Morgan fingerprint density at radius 1 is 1.11 bits per heavy atom. The fraction of sp³-hybridized carbons (Fsp3) is 0.367. The highest BCUT2D eigenvalue weighted by Gasteiger charge is 2.30. The number of rotatable bonds is 13. The van der Waals surface area contributed by atoms with E-state index in [2.05, 4.69) is 17.0 Å². The minimum atomic E-state index is -1.02. The van der Waals surface area contributed by atoms with Gasteiger partial charge in [0.15, 0.2) is 17.2 Å². The molecule has 1 aliphatic rings. The lowest BCUT2D eigenvalue weighted by molar-refractivity contribution is -0.159. The van der Waals surface area contributed by atoms with Crippen LogP contribution in [0.2, 0.25) is 0 Å². The number of hydrogen-bond acceptors (Lipinski definition) is 7. The number of hydrogen-bond donors (Lipinski definition) is 2. The van der Waals surface area contributed by atoms with E-state index in [0.717, 1.165) is 29.5 Å². The molecule has 0 bridgehead atoms. The molecular weight excluding hydrogens is 484 g/mol. The third-order valence-corrected chi connectivity index (χ3v) is 6.30.